The first-order chi connectivity index (χ1) is 9.24. The molecule has 106 valence electrons. The summed E-state index contributed by atoms with van der Waals surface area (Å²) in [4.78, 5) is 0. The van der Waals surface area contributed by atoms with Crippen molar-refractivity contribution in [3.05, 3.63) is 18.2 Å². The highest BCUT2D eigenvalue weighted by Gasteiger charge is 2.24. The second-order valence-corrected chi connectivity index (χ2v) is 6.07. The first-order valence-electron chi connectivity index (χ1n) is 7.06. The minimum Gasteiger partial charge on any atom is -0.492 e. The van der Waals surface area contributed by atoms with Crippen molar-refractivity contribution in [1.29, 1.82) is 0 Å². The number of nitrogens with one attached hydrogen (secondary N) is 1. The molecule has 4 heteroatoms. The molecule has 1 aliphatic carbocycles. The molecule has 2 atom stereocenters. The minimum absolute atomic E-state index is 0.557. The zero-order chi connectivity index (χ0) is 13.7. The van der Waals surface area contributed by atoms with Gasteiger partial charge >= 0.3 is 0 Å². The third-order valence-corrected chi connectivity index (χ3v) is 4.84. The van der Waals surface area contributed by atoms with Crippen molar-refractivity contribution in [2.45, 2.75) is 43.9 Å². The van der Waals surface area contributed by atoms with Gasteiger partial charge < -0.3 is 15.8 Å². The molecule has 2 unspecified atom stereocenters. The van der Waals surface area contributed by atoms with Crippen LogP contribution in [-0.4, -0.2) is 24.2 Å². The molecule has 1 saturated carbocycles. The maximum absolute atomic E-state index is 5.91. The van der Waals surface area contributed by atoms with E-state index in [0.29, 0.717) is 23.6 Å². The second-order valence-electron chi connectivity index (χ2n) is 5.00. The molecule has 0 heterocycles. The summed E-state index contributed by atoms with van der Waals surface area (Å²) < 4.78 is 5.55. The molecule has 1 fully saturated rings. The molecule has 1 aliphatic rings. The van der Waals surface area contributed by atoms with Gasteiger partial charge in [-0.3, -0.25) is 0 Å². The molecule has 1 aromatic rings. The first kappa shape index (κ1) is 14.4. The molecule has 0 aliphatic heterocycles. The summed E-state index contributed by atoms with van der Waals surface area (Å²) in [5.41, 5.74) is 7.73. The average Bonchev–Trinajstić information content (AvgIpc) is 2.43. The van der Waals surface area contributed by atoms with Crippen molar-refractivity contribution in [2.75, 3.05) is 23.9 Å². The highest BCUT2D eigenvalue weighted by molar-refractivity contribution is 7.99. The van der Waals surface area contributed by atoms with Gasteiger partial charge in [0.05, 0.1) is 12.3 Å². The molecule has 19 heavy (non-hydrogen) atoms. The number of hydrogen-bond donors (Lipinski definition) is 2. The summed E-state index contributed by atoms with van der Waals surface area (Å²) in [5, 5.41) is 4.36. The molecule has 0 aromatic heterocycles. The summed E-state index contributed by atoms with van der Waals surface area (Å²) >= 11 is 1.97. The van der Waals surface area contributed by atoms with E-state index in [2.05, 4.69) is 11.6 Å². The van der Waals surface area contributed by atoms with Crippen LogP contribution in [0.3, 0.4) is 0 Å². The molecule has 0 radical (unpaired) electrons. The normalized spacial score (nSPS) is 23.1. The second kappa shape index (κ2) is 6.94. The van der Waals surface area contributed by atoms with Gasteiger partial charge in [-0.15, -0.1) is 0 Å². The standard InChI is InChI=1S/C15H24N2OS/c1-3-18-14-10-11(8-9-12(14)16)17-13-6-4-5-7-15(13)19-2/h8-10,13,15,17H,3-7,16H2,1-2H3. The Balaban J connectivity index is 2.07. The summed E-state index contributed by atoms with van der Waals surface area (Å²) in [5.74, 6) is 0.781. The van der Waals surface area contributed by atoms with Gasteiger partial charge in [0.1, 0.15) is 5.75 Å². The molecule has 0 saturated heterocycles. The number of thioether (sulfide) groups is 1. The number of ether oxygens (including phenoxy) is 1. The van der Waals surface area contributed by atoms with Gasteiger partial charge in [-0.05, 0) is 38.2 Å². The van der Waals surface area contributed by atoms with Crippen LogP contribution >= 0.6 is 11.8 Å². The molecule has 3 N–H and O–H groups in total. The highest BCUT2D eigenvalue weighted by Crippen LogP contribution is 2.31. The minimum atomic E-state index is 0.557. The van der Waals surface area contributed by atoms with E-state index in [-0.39, 0.29) is 0 Å². The van der Waals surface area contributed by atoms with Crippen LogP contribution < -0.4 is 15.8 Å². The fraction of sp³-hybridized carbons (Fsp3) is 0.600. The smallest absolute Gasteiger partial charge is 0.144 e. The van der Waals surface area contributed by atoms with Gasteiger partial charge in [-0.1, -0.05) is 12.8 Å². The Morgan fingerprint density at radius 3 is 2.89 bits per heavy atom. The predicted octanol–water partition coefficient (Wildman–Crippen LogP) is 3.75. The summed E-state index contributed by atoms with van der Waals surface area (Å²) in [6, 6.07) is 6.54. The lowest BCUT2D eigenvalue weighted by molar-refractivity contribution is 0.342. The number of hydrogen-bond acceptors (Lipinski definition) is 4. The van der Waals surface area contributed by atoms with Crippen LogP contribution in [0.25, 0.3) is 0 Å². The molecule has 0 spiro atoms. The molecule has 0 bridgehead atoms. The monoisotopic (exact) mass is 280 g/mol. The highest BCUT2D eigenvalue weighted by atomic mass is 32.2. The summed E-state index contributed by atoms with van der Waals surface area (Å²) in [6.07, 6.45) is 7.45. The molecule has 1 aromatic carbocycles. The number of anilines is 2. The van der Waals surface area contributed by atoms with E-state index in [1.807, 2.05) is 36.9 Å². The number of benzene rings is 1. The van der Waals surface area contributed by atoms with Crippen LogP contribution in [0.1, 0.15) is 32.6 Å². The van der Waals surface area contributed by atoms with Crippen LogP contribution in [0.5, 0.6) is 5.75 Å². The SMILES string of the molecule is CCOc1cc(NC2CCCCC2SC)ccc1N. The average molecular weight is 280 g/mol. The van der Waals surface area contributed by atoms with Crippen molar-refractivity contribution in [1.82, 2.24) is 0 Å². The van der Waals surface area contributed by atoms with Gasteiger partial charge in [-0.2, -0.15) is 11.8 Å². The van der Waals surface area contributed by atoms with Crippen molar-refractivity contribution >= 4 is 23.1 Å². The Morgan fingerprint density at radius 1 is 1.37 bits per heavy atom. The third-order valence-electron chi connectivity index (χ3n) is 3.67. The van der Waals surface area contributed by atoms with E-state index in [1.54, 1.807) is 0 Å². The Kier molecular flexibility index (Phi) is 5.25. The fourth-order valence-corrected chi connectivity index (χ4v) is 3.60. The largest absolute Gasteiger partial charge is 0.492 e. The van der Waals surface area contributed by atoms with Crippen molar-refractivity contribution < 1.29 is 4.74 Å². The maximum Gasteiger partial charge on any atom is 0.144 e. The Bertz CT molecular complexity index is 411. The maximum atomic E-state index is 5.91. The quantitative estimate of drug-likeness (QED) is 0.806. The topological polar surface area (TPSA) is 47.3 Å². The van der Waals surface area contributed by atoms with E-state index in [0.717, 1.165) is 11.4 Å². The van der Waals surface area contributed by atoms with Gasteiger partial charge in [-0.25, -0.2) is 0 Å². The van der Waals surface area contributed by atoms with Gasteiger partial charge in [0.15, 0.2) is 0 Å². The molecule has 3 nitrogen and oxygen atoms in total. The van der Waals surface area contributed by atoms with E-state index in [1.165, 1.54) is 25.7 Å². The van der Waals surface area contributed by atoms with Crippen LogP contribution in [-0.2, 0) is 0 Å². The number of nitrogens with two attached hydrogens (primary N) is 1. The lowest BCUT2D eigenvalue weighted by Crippen LogP contribution is -2.34. The first-order valence-corrected chi connectivity index (χ1v) is 8.35. The lowest BCUT2D eigenvalue weighted by atomic mass is 9.94. The van der Waals surface area contributed by atoms with Crippen LogP contribution in [0.15, 0.2) is 18.2 Å². The molecular weight excluding hydrogens is 256 g/mol. The van der Waals surface area contributed by atoms with Crippen molar-refractivity contribution in [3.8, 4) is 5.75 Å². The Morgan fingerprint density at radius 2 is 2.16 bits per heavy atom. The van der Waals surface area contributed by atoms with E-state index >= 15 is 0 Å². The zero-order valence-electron chi connectivity index (χ0n) is 11.8. The van der Waals surface area contributed by atoms with Gasteiger partial charge in [0.2, 0.25) is 0 Å². The van der Waals surface area contributed by atoms with E-state index in [4.69, 9.17) is 10.5 Å². The van der Waals surface area contributed by atoms with Gasteiger partial charge in [0, 0.05) is 23.0 Å². The fourth-order valence-electron chi connectivity index (χ4n) is 2.66. The number of rotatable bonds is 5. The Labute approximate surface area is 120 Å². The Hall–Kier alpha value is -1.03. The zero-order valence-corrected chi connectivity index (χ0v) is 12.6. The molecule has 0 amide bonds. The third kappa shape index (κ3) is 3.72. The summed E-state index contributed by atoms with van der Waals surface area (Å²) in [6.45, 7) is 2.62. The van der Waals surface area contributed by atoms with Crippen LogP contribution in [0.4, 0.5) is 11.4 Å². The molecular formula is C15H24N2OS. The van der Waals surface area contributed by atoms with Gasteiger partial charge in [0.25, 0.3) is 0 Å². The number of nitrogen functional groups attached to an aromatic ring is 1. The summed E-state index contributed by atoms with van der Waals surface area (Å²) in [7, 11) is 0. The van der Waals surface area contributed by atoms with E-state index in [9.17, 15) is 0 Å². The van der Waals surface area contributed by atoms with Crippen molar-refractivity contribution in [2.24, 2.45) is 0 Å². The molecule has 2 rings (SSSR count). The van der Waals surface area contributed by atoms with E-state index < -0.39 is 0 Å². The van der Waals surface area contributed by atoms with Crippen LogP contribution in [0, 0.1) is 0 Å². The van der Waals surface area contributed by atoms with Crippen molar-refractivity contribution in [3.63, 3.8) is 0 Å². The predicted molar refractivity (Wildman–Crippen MR) is 85.2 cm³/mol. The lowest BCUT2D eigenvalue weighted by Gasteiger charge is -2.31. The van der Waals surface area contributed by atoms with Crippen LogP contribution in [0.2, 0.25) is 0 Å².